The van der Waals surface area contributed by atoms with Crippen molar-refractivity contribution < 1.29 is 14.8 Å². The molecule has 3 rings (SSSR count). The molecule has 0 saturated carbocycles. The number of nitrogens with zero attached hydrogens (tertiary/aromatic N) is 1. The highest BCUT2D eigenvalue weighted by Gasteiger charge is 2.23. The zero-order chi connectivity index (χ0) is 19.6. The Morgan fingerprint density at radius 3 is 2.59 bits per heavy atom. The number of aromatic nitrogens is 1. The van der Waals surface area contributed by atoms with Gasteiger partial charge in [-0.25, -0.2) is 5.48 Å². The summed E-state index contributed by atoms with van der Waals surface area (Å²) in [4.78, 5) is 28.2. The lowest BCUT2D eigenvalue weighted by molar-refractivity contribution is 0.0706. The van der Waals surface area contributed by atoms with Crippen LogP contribution in [0.25, 0.3) is 0 Å². The lowest BCUT2D eigenvalue weighted by Gasteiger charge is -2.26. The molecule has 0 spiro atoms. The highest BCUT2D eigenvalue weighted by atomic mass is 16.5. The van der Waals surface area contributed by atoms with Gasteiger partial charge in [-0.1, -0.05) is 6.07 Å². The maximum atomic E-state index is 12.4. The third-order valence-electron chi connectivity index (χ3n) is 4.78. The Bertz CT molecular complexity index is 871. The van der Waals surface area contributed by atoms with E-state index in [1.54, 1.807) is 17.7 Å². The van der Waals surface area contributed by atoms with E-state index in [0.717, 1.165) is 30.4 Å². The number of fused-ring (bicyclic) bond motifs is 1. The molecule has 1 unspecified atom stereocenters. The predicted octanol–water partition coefficient (Wildman–Crippen LogP) is 3.00. The van der Waals surface area contributed by atoms with E-state index in [0.29, 0.717) is 17.2 Å². The first kappa shape index (κ1) is 19.0. The lowest BCUT2D eigenvalue weighted by atomic mass is 9.80. The first-order chi connectivity index (χ1) is 12.8. The summed E-state index contributed by atoms with van der Waals surface area (Å²) in [6.07, 6.45) is 4.32. The van der Waals surface area contributed by atoms with Crippen molar-refractivity contribution in [3.63, 3.8) is 0 Å². The summed E-state index contributed by atoms with van der Waals surface area (Å²) in [5, 5.41) is 11.7. The van der Waals surface area contributed by atoms with Gasteiger partial charge in [-0.3, -0.25) is 19.8 Å². The van der Waals surface area contributed by atoms with Crippen LogP contribution in [0.4, 0.5) is 0 Å². The smallest absolute Gasteiger partial charge is 0.274 e. The molecule has 6 nitrogen and oxygen atoms in total. The van der Waals surface area contributed by atoms with Crippen LogP contribution >= 0.6 is 0 Å². The van der Waals surface area contributed by atoms with E-state index in [2.05, 4.69) is 10.3 Å². The summed E-state index contributed by atoms with van der Waals surface area (Å²) in [5.74, 6) is -0.358. The molecule has 2 amide bonds. The first-order valence-corrected chi connectivity index (χ1v) is 9.11. The Labute approximate surface area is 159 Å². The van der Waals surface area contributed by atoms with Crippen LogP contribution in [0.5, 0.6) is 0 Å². The molecular formula is C21H25N3O3. The van der Waals surface area contributed by atoms with Crippen LogP contribution in [-0.4, -0.2) is 27.5 Å². The van der Waals surface area contributed by atoms with Gasteiger partial charge < -0.3 is 5.32 Å². The minimum absolute atomic E-state index is 0.166. The molecule has 0 radical (unpaired) electrons. The van der Waals surface area contributed by atoms with Crippen molar-refractivity contribution >= 4 is 11.8 Å². The first-order valence-electron chi connectivity index (χ1n) is 9.11. The van der Waals surface area contributed by atoms with Gasteiger partial charge in [0.05, 0.1) is 0 Å². The second-order valence-electron chi connectivity index (χ2n) is 8.04. The molecule has 0 fully saturated rings. The average Bonchev–Trinajstić information content (AvgIpc) is 2.65. The van der Waals surface area contributed by atoms with E-state index >= 15 is 0 Å². The Morgan fingerprint density at radius 1 is 1.11 bits per heavy atom. The summed E-state index contributed by atoms with van der Waals surface area (Å²) < 4.78 is 0. The molecule has 0 saturated heterocycles. The molecule has 27 heavy (non-hydrogen) atoms. The van der Waals surface area contributed by atoms with Gasteiger partial charge in [0.1, 0.15) is 5.69 Å². The van der Waals surface area contributed by atoms with Gasteiger partial charge in [0.15, 0.2) is 0 Å². The number of rotatable bonds is 3. The number of carbonyl (C=O) groups is 2. The van der Waals surface area contributed by atoms with Crippen molar-refractivity contribution in [2.75, 3.05) is 0 Å². The zero-order valence-electron chi connectivity index (χ0n) is 15.9. The fourth-order valence-electron chi connectivity index (χ4n) is 3.47. The van der Waals surface area contributed by atoms with Gasteiger partial charge in [0, 0.05) is 17.3 Å². The number of hydroxylamine groups is 1. The molecule has 1 aromatic carbocycles. The molecule has 3 N–H and O–H groups in total. The average molecular weight is 367 g/mol. The van der Waals surface area contributed by atoms with Crippen LogP contribution in [0.2, 0.25) is 0 Å². The van der Waals surface area contributed by atoms with Crippen LogP contribution in [0.3, 0.4) is 0 Å². The fraction of sp³-hybridized carbons (Fsp3) is 0.381. The minimum atomic E-state index is -0.497. The van der Waals surface area contributed by atoms with Crippen molar-refractivity contribution in [2.45, 2.75) is 51.5 Å². The number of benzene rings is 1. The monoisotopic (exact) mass is 367 g/mol. The van der Waals surface area contributed by atoms with Crippen LogP contribution in [0.1, 0.15) is 70.6 Å². The molecule has 0 bridgehead atoms. The molecule has 6 heteroatoms. The number of amides is 2. The van der Waals surface area contributed by atoms with Crippen molar-refractivity contribution in [3.05, 3.63) is 64.5 Å². The van der Waals surface area contributed by atoms with Gasteiger partial charge in [-0.15, -0.1) is 0 Å². The van der Waals surface area contributed by atoms with Gasteiger partial charge in [0.25, 0.3) is 11.8 Å². The number of carbonyl (C=O) groups excluding carboxylic acids is 2. The molecular weight excluding hydrogens is 342 g/mol. The van der Waals surface area contributed by atoms with Crippen molar-refractivity contribution in [1.29, 1.82) is 0 Å². The van der Waals surface area contributed by atoms with Crippen molar-refractivity contribution in [3.8, 4) is 0 Å². The van der Waals surface area contributed by atoms with E-state index in [4.69, 9.17) is 5.21 Å². The number of hydrogen-bond donors (Lipinski definition) is 3. The number of hydrogen-bond acceptors (Lipinski definition) is 4. The molecule has 1 atom stereocenters. The van der Waals surface area contributed by atoms with Crippen molar-refractivity contribution in [1.82, 2.24) is 15.8 Å². The summed E-state index contributed by atoms with van der Waals surface area (Å²) >= 11 is 0. The maximum Gasteiger partial charge on any atom is 0.274 e. The second-order valence-corrected chi connectivity index (χ2v) is 8.04. The predicted molar refractivity (Wildman–Crippen MR) is 102 cm³/mol. The number of pyridine rings is 1. The van der Waals surface area contributed by atoms with Gasteiger partial charge in [0.2, 0.25) is 0 Å². The summed E-state index contributed by atoms with van der Waals surface area (Å²) in [5.41, 5.74) is 5.68. The van der Waals surface area contributed by atoms with Crippen LogP contribution in [0.15, 0.2) is 36.5 Å². The van der Waals surface area contributed by atoms with Gasteiger partial charge >= 0.3 is 0 Å². The Kier molecular flexibility index (Phi) is 5.28. The van der Waals surface area contributed by atoms with Crippen molar-refractivity contribution in [2.24, 2.45) is 0 Å². The topological polar surface area (TPSA) is 91.3 Å². The number of aryl methyl sites for hydroxylation is 1. The van der Waals surface area contributed by atoms with E-state index in [9.17, 15) is 9.59 Å². The maximum absolute atomic E-state index is 12.4. The van der Waals surface area contributed by atoms with Crippen LogP contribution < -0.4 is 10.8 Å². The molecule has 1 heterocycles. The van der Waals surface area contributed by atoms with E-state index in [1.807, 2.05) is 45.0 Å². The Balaban J connectivity index is 1.78. The molecule has 2 aromatic rings. The second kappa shape index (κ2) is 7.48. The van der Waals surface area contributed by atoms with Gasteiger partial charge in [-0.05, 0) is 86.9 Å². The van der Waals surface area contributed by atoms with Crippen LogP contribution in [-0.2, 0) is 12.8 Å². The Hall–Kier alpha value is -2.73. The normalized spacial score (nSPS) is 16.4. The quantitative estimate of drug-likeness (QED) is 0.574. The molecule has 1 aromatic heterocycles. The zero-order valence-corrected chi connectivity index (χ0v) is 15.9. The molecule has 1 aliphatic rings. The third-order valence-corrected chi connectivity index (χ3v) is 4.78. The largest absolute Gasteiger partial charge is 0.346 e. The van der Waals surface area contributed by atoms with Crippen LogP contribution in [0, 0.1) is 0 Å². The highest BCUT2D eigenvalue weighted by molar-refractivity contribution is 5.93. The fourth-order valence-corrected chi connectivity index (χ4v) is 3.47. The van der Waals surface area contributed by atoms with E-state index in [-0.39, 0.29) is 11.4 Å². The summed E-state index contributed by atoms with van der Waals surface area (Å²) in [6, 6.07) is 9.36. The molecule has 1 aliphatic carbocycles. The van der Waals surface area contributed by atoms with Gasteiger partial charge in [-0.2, -0.15) is 0 Å². The third kappa shape index (κ3) is 4.52. The minimum Gasteiger partial charge on any atom is -0.346 e. The lowest BCUT2D eigenvalue weighted by Crippen LogP contribution is -2.41. The Morgan fingerprint density at radius 2 is 1.89 bits per heavy atom. The summed E-state index contributed by atoms with van der Waals surface area (Å²) in [7, 11) is 0. The highest BCUT2D eigenvalue weighted by Crippen LogP contribution is 2.33. The summed E-state index contributed by atoms with van der Waals surface area (Å²) in [6.45, 7) is 5.83. The molecule has 0 aliphatic heterocycles. The number of nitrogens with one attached hydrogen (secondary N) is 2. The standard InChI is InChI=1S/C21H25N3O3/c1-21(2,3)23-20(26)18-12-16(8-9-22-18)14-4-5-15-11-17(19(25)24-27)7-6-13(15)10-14/h6-9,11-12,14,27H,4-5,10H2,1-3H3,(H,23,26)(H,24,25). The van der Waals surface area contributed by atoms with E-state index < -0.39 is 5.91 Å². The van der Waals surface area contributed by atoms with E-state index in [1.165, 1.54) is 5.56 Å². The SMILES string of the molecule is CC(C)(C)NC(=O)c1cc(C2CCc3cc(C(=O)NO)ccc3C2)ccn1. The molecule has 142 valence electrons.